The van der Waals surface area contributed by atoms with Crippen molar-refractivity contribution in [3.05, 3.63) is 74.3 Å². The van der Waals surface area contributed by atoms with Gasteiger partial charge < -0.3 is 9.84 Å². The fraction of sp³-hybridized carbons (Fsp3) is 0.300. The van der Waals surface area contributed by atoms with Crippen LogP contribution in [-0.4, -0.2) is 40.4 Å². The second-order valence-corrected chi connectivity index (χ2v) is 6.41. The minimum atomic E-state index is -1.22. The van der Waals surface area contributed by atoms with Gasteiger partial charge in [-0.15, -0.1) is 0 Å². The Labute approximate surface area is 176 Å². The molecule has 0 spiro atoms. The van der Waals surface area contributed by atoms with Crippen molar-refractivity contribution in [3.8, 4) is 0 Å². The zero-order valence-electron chi connectivity index (χ0n) is 16.6. The van der Waals surface area contributed by atoms with Crippen LogP contribution in [0, 0.1) is 17.0 Å². The Kier molecular flexibility index (Phi) is 9.03. The lowest BCUT2D eigenvalue weighted by Crippen LogP contribution is -2.13. The molecule has 0 fully saturated rings. The number of carbonyl (C=O) groups excluding carboxylic acids is 1. The summed E-state index contributed by atoms with van der Waals surface area (Å²) in [7, 11) is 0. The number of carbonyl (C=O) groups is 2. The third-order valence-corrected chi connectivity index (χ3v) is 4.15. The van der Waals surface area contributed by atoms with E-state index in [0.717, 1.165) is 0 Å². The first kappa shape index (κ1) is 23.9. The fourth-order valence-corrected chi connectivity index (χ4v) is 2.61. The second-order valence-electron chi connectivity index (χ2n) is 6.41. The summed E-state index contributed by atoms with van der Waals surface area (Å²) >= 11 is 0. The van der Waals surface area contributed by atoms with Crippen LogP contribution in [0.1, 0.15) is 43.8 Å². The number of aryl methyl sites for hydroxylation is 1. The molecule has 2 N–H and O–H groups in total. The molecule has 0 aliphatic carbocycles. The highest BCUT2D eigenvalue weighted by Crippen LogP contribution is 2.19. The number of ether oxygens (including phenoxy) is 1. The number of nitro groups is 1. The predicted octanol–water partition coefficient (Wildman–Crippen LogP) is 3.29. The van der Waals surface area contributed by atoms with Crippen molar-refractivity contribution in [1.82, 2.24) is 0 Å². The van der Waals surface area contributed by atoms with Crippen LogP contribution in [0.25, 0.3) is 0 Å². The number of hydrogen-bond acceptors (Lipinski definition) is 9. The molecule has 11 nitrogen and oxygen atoms in total. The molecule has 2 rings (SSSR count). The maximum Gasteiger partial charge on any atom is 0.339 e. The normalized spacial score (nSPS) is 10.6. The molecule has 0 amide bonds. The number of carboxylic acids is 1. The van der Waals surface area contributed by atoms with Gasteiger partial charge >= 0.3 is 11.9 Å². The summed E-state index contributed by atoms with van der Waals surface area (Å²) in [5.74, 6) is -1.97. The third kappa shape index (κ3) is 7.12. The molecule has 31 heavy (non-hydrogen) atoms. The zero-order chi connectivity index (χ0) is 22.8. The average Bonchev–Trinajstić information content (AvgIpc) is 2.73. The molecular weight excluding hydrogens is 414 g/mol. The van der Waals surface area contributed by atoms with E-state index in [1.165, 1.54) is 30.3 Å². The molecule has 0 aliphatic heterocycles. The number of nitrogens with zero attached hydrogens (tertiary/aromatic N) is 1. The molecule has 166 valence electrons. The van der Waals surface area contributed by atoms with E-state index in [1.54, 1.807) is 13.0 Å². The first-order chi connectivity index (χ1) is 14.8. The van der Waals surface area contributed by atoms with Crippen LogP contribution < -0.4 is 0 Å². The summed E-state index contributed by atoms with van der Waals surface area (Å²) in [5, 5.41) is 28.6. The summed E-state index contributed by atoms with van der Waals surface area (Å²) in [6.45, 7) is 1.47. The smallest absolute Gasteiger partial charge is 0.339 e. The molecule has 2 aromatic rings. The number of esters is 1. The molecule has 0 atom stereocenters. The number of benzene rings is 2. The number of hydrogen-bond donors (Lipinski definition) is 2. The van der Waals surface area contributed by atoms with Crippen LogP contribution in [0.2, 0.25) is 0 Å². The molecule has 0 radical (unpaired) electrons. The van der Waals surface area contributed by atoms with Gasteiger partial charge in [-0.2, -0.15) is 0 Å². The lowest BCUT2D eigenvalue weighted by molar-refractivity contribution is -0.385. The second kappa shape index (κ2) is 11.7. The molecule has 2 aromatic carbocycles. The summed E-state index contributed by atoms with van der Waals surface area (Å²) in [4.78, 5) is 47.7. The number of rotatable bonds is 12. The van der Waals surface area contributed by atoms with E-state index >= 15 is 0 Å². The SMILES string of the molecule is Cc1ccc(C(=O)OCCCOOCc2ccc([N+](=O)[O-])cc2COO)c(C(=O)O)c1. The maximum atomic E-state index is 12.1. The predicted molar refractivity (Wildman–Crippen MR) is 104 cm³/mol. The summed E-state index contributed by atoms with van der Waals surface area (Å²) in [5.41, 5.74) is 1.27. The van der Waals surface area contributed by atoms with Gasteiger partial charge in [0.15, 0.2) is 0 Å². The van der Waals surface area contributed by atoms with E-state index in [9.17, 15) is 24.8 Å². The van der Waals surface area contributed by atoms with Crippen molar-refractivity contribution in [3.63, 3.8) is 0 Å². The van der Waals surface area contributed by atoms with Crippen LogP contribution in [0.3, 0.4) is 0 Å². The monoisotopic (exact) mass is 435 g/mol. The van der Waals surface area contributed by atoms with Crippen LogP contribution in [0.5, 0.6) is 0 Å². The quantitative estimate of drug-likeness (QED) is 0.167. The van der Waals surface area contributed by atoms with Crippen LogP contribution in [0.15, 0.2) is 36.4 Å². The Morgan fingerprint density at radius 2 is 1.77 bits per heavy atom. The van der Waals surface area contributed by atoms with Gasteiger partial charge in [-0.1, -0.05) is 11.6 Å². The van der Waals surface area contributed by atoms with Gasteiger partial charge in [0.25, 0.3) is 5.69 Å². The van der Waals surface area contributed by atoms with Crippen molar-refractivity contribution >= 4 is 17.6 Å². The summed E-state index contributed by atoms with van der Waals surface area (Å²) in [6, 6.07) is 8.41. The van der Waals surface area contributed by atoms with Crippen molar-refractivity contribution in [2.24, 2.45) is 0 Å². The Morgan fingerprint density at radius 3 is 2.45 bits per heavy atom. The Bertz CT molecular complexity index is 944. The standard InChI is InChI=1S/C20H21NO10/c1-13-3-6-17(18(9-13)19(22)23)20(24)28-7-2-8-30-31-12-14-4-5-16(21(25)26)10-15(14)11-29-27/h3-6,9-10,27H,2,7-8,11-12H2,1H3,(H,22,23). The molecule has 0 saturated carbocycles. The molecular formula is C20H21NO10. The van der Waals surface area contributed by atoms with E-state index < -0.39 is 16.9 Å². The minimum Gasteiger partial charge on any atom is -0.478 e. The largest absolute Gasteiger partial charge is 0.478 e. The number of carboxylic acid groups (broad SMARTS) is 1. The fourth-order valence-electron chi connectivity index (χ4n) is 2.61. The highest BCUT2D eigenvalue weighted by molar-refractivity contribution is 6.02. The first-order valence-corrected chi connectivity index (χ1v) is 9.11. The van der Waals surface area contributed by atoms with Gasteiger partial charge in [0.2, 0.25) is 0 Å². The molecule has 11 heteroatoms. The van der Waals surface area contributed by atoms with Gasteiger partial charge in [0.05, 0.1) is 29.3 Å². The minimum absolute atomic E-state index is 0.0176. The molecule has 0 unspecified atom stereocenters. The molecule has 0 bridgehead atoms. The van der Waals surface area contributed by atoms with Gasteiger partial charge in [-0.25, -0.2) is 24.3 Å². The van der Waals surface area contributed by atoms with Crippen molar-refractivity contribution < 1.29 is 44.3 Å². The van der Waals surface area contributed by atoms with Gasteiger partial charge in [0.1, 0.15) is 13.2 Å². The van der Waals surface area contributed by atoms with Gasteiger partial charge in [-0.05, 0) is 36.2 Å². The number of aromatic carboxylic acids is 1. The first-order valence-electron chi connectivity index (χ1n) is 9.11. The summed E-state index contributed by atoms with van der Waals surface area (Å²) < 4.78 is 5.06. The van der Waals surface area contributed by atoms with E-state index in [4.69, 9.17) is 19.8 Å². The summed E-state index contributed by atoms with van der Waals surface area (Å²) in [6.07, 6.45) is 0.285. The highest BCUT2D eigenvalue weighted by atomic mass is 17.2. The van der Waals surface area contributed by atoms with Crippen LogP contribution in [-0.2, 0) is 32.6 Å². The average molecular weight is 435 g/mol. The van der Waals surface area contributed by atoms with Crippen molar-refractivity contribution in [2.75, 3.05) is 13.2 Å². The van der Waals surface area contributed by atoms with Gasteiger partial charge in [-0.3, -0.25) is 15.4 Å². The van der Waals surface area contributed by atoms with Crippen molar-refractivity contribution in [1.29, 1.82) is 0 Å². The Balaban J connectivity index is 1.75. The van der Waals surface area contributed by atoms with Crippen LogP contribution in [0.4, 0.5) is 5.69 Å². The number of nitro benzene ring substituents is 1. The van der Waals surface area contributed by atoms with Crippen molar-refractivity contribution in [2.45, 2.75) is 26.6 Å². The molecule has 0 heterocycles. The topological polar surface area (TPSA) is 155 Å². The van der Waals surface area contributed by atoms with E-state index in [1.807, 2.05) is 0 Å². The van der Waals surface area contributed by atoms with E-state index in [2.05, 4.69) is 4.89 Å². The number of non-ortho nitro benzene ring substituents is 1. The van der Waals surface area contributed by atoms with Gasteiger partial charge in [0, 0.05) is 18.6 Å². The highest BCUT2D eigenvalue weighted by Gasteiger charge is 2.17. The lowest BCUT2D eigenvalue weighted by Gasteiger charge is -2.10. The Hall–Kier alpha value is -3.38. The molecule has 0 aliphatic rings. The lowest BCUT2D eigenvalue weighted by atomic mass is 10.0. The maximum absolute atomic E-state index is 12.1. The van der Waals surface area contributed by atoms with E-state index in [0.29, 0.717) is 16.7 Å². The van der Waals surface area contributed by atoms with E-state index in [-0.39, 0.29) is 49.7 Å². The molecule has 0 saturated heterocycles. The molecule has 0 aromatic heterocycles. The Morgan fingerprint density at radius 1 is 1.00 bits per heavy atom. The van der Waals surface area contributed by atoms with Crippen LogP contribution >= 0.6 is 0 Å². The third-order valence-electron chi connectivity index (χ3n) is 4.15. The zero-order valence-corrected chi connectivity index (χ0v) is 16.6.